The molecule has 5 heteroatoms. The second-order valence-corrected chi connectivity index (χ2v) is 20.6. The van der Waals surface area contributed by atoms with Gasteiger partial charge >= 0.3 is 0 Å². The zero-order chi connectivity index (χ0) is 39.8. The summed E-state index contributed by atoms with van der Waals surface area (Å²) in [6.45, 7) is 9.24. The summed E-state index contributed by atoms with van der Waals surface area (Å²) in [6, 6.07) is 66.7. The van der Waals surface area contributed by atoms with E-state index in [9.17, 15) is 0 Å². The van der Waals surface area contributed by atoms with Crippen molar-refractivity contribution in [2.75, 3.05) is 4.90 Å². The highest BCUT2D eigenvalue weighted by molar-refractivity contribution is 7.88. The van der Waals surface area contributed by atoms with Crippen molar-refractivity contribution >= 4 is 86.3 Å². The molecular weight excluding hydrogens is 731 g/mol. The predicted octanol–water partition coefficient (Wildman–Crippen LogP) is 7.40. The lowest BCUT2D eigenvalue weighted by atomic mass is 9.33. The maximum atomic E-state index is 16.5. The quantitative estimate of drug-likeness (QED) is 0.138. The van der Waals surface area contributed by atoms with Crippen molar-refractivity contribution in [2.45, 2.75) is 38.5 Å². The Bertz CT molecular complexity index is 3080. The van der Waals surface area contributed by atoms with Crippen LogP contribution in [0.25, 0.3) is 11.1 Å². The van der Waals surface area contributed by atoms with Crippen LogP contribution >= 0.6 is 7.14 Å². The Hall–Kier alpha value is -6.08. The maximum Gasteiger partial charge on any atom is 0.243 e. The molecule has 8 aromatic carbocycles. The molecule has 3 aliphatic heterocycles. The monoisotopic (exact) mass is 773 g/mol. The molecule has 280 valence electrons. The molecule has 0 spiro atoms. The Kier molecular flexibility index (Phi) is 7.24. The Balaban J connectivity index is 1.03. The number of para-hydroxylation sites is 2. The molecule has 0 fully saturated rings. The summed E-state index contributed by atoms with van der Waals surface area (Å²) in [4.78, 5) is 2.42. The summed E-state index contributed by atoms with van der Waals surface area (Å²) in [5.74, 6) is 0. The number of hydrogen-bond acceptors (Lipinski definition) is 2. The molecule has 59 heavy (non-hydrogen) atoms. The van der Waals surface area contributed by atoms with Crippen LogP contribution in [0, 0.1) is 0 Å². The van der Waals surface area contributed by atoms with Crippen LogP contribution < -0.4 is 53.6 Å². The van der Waals surface area contributed by atoms with Gasteiger partial charge in [-0.15, -0.1) is 0 Å². The minimum absolute atomic E-state index is 0.0511. The van der Waals surface area contributed by atoms with Crippen molar-refractivity contribution in [3.8, 4) is 11.1 Å². The van der Waals surface area contributed by atoms with Crippen molar-refractivity contribution in [2.24, 2.45) is 0 Å². The summed E-state index contributed by atoms with van der Waals surface area (Å²) in [6.07, 6.45) is 0. The van der Waals surface area contributed by atoms with Crippen molar-refractivity contribution < 1.29 is 4.57 Å². The van der Waals surface area contributed by atoms with E-state index < -0.39 is 7.14 Å². The van der Waals surface area contributed by atoms with E-state index in [1.54, 1.807) is 0 Å². The molecule has 0 saturated heterocycles. The van der Waals surface area contributed by atoms with Gasteiger partial charge in [-0.3, -0.25) is 0 Å². The minimum atomic E-state index is -3.25. The molecule has 0 aromatic heterocycles. The Morgan fingerprint density at radius 3 is 1.51 bits per heavy atom. The zero-order valence-electron chi connectivity index (χ0n) is 33.8. The van der Waals surface area contributed by atoms with Gasteiger partial charge in [-0.1, -0.05) is 218 Å². The van der Waals surface area contributed by atoms with Gasteiger partial charge in [0, 0.05) is 32.4 Å². The van der Waals surface area contributed by atoms with Gasteiger partial charge in [0.25, 0.3) is 0 Å². The van der Waals surface area contributed by atoms with Gasteiger partial charge in [0.15, 0.2) is 7.14 Å². The lowest BCUT2D eigenvalue weighted by Gasteiger charge is -2.42. The van der Waals surface area contributed by atoms with E-state index in [1.165, 1.54) is 55.7 Å². The topological polar surface area (TPSA) is 20.3 Å². The normalized spacial score (nSPS) is 18.1. The highest BCUT2D eigenvalue weighted by Crippen LogP contribution is 2.52. The molecule has 12 rings (SSSR count). The summed E-state index contributed by atoms with van der Waals surface area (Å²) in [5.41, 5.74) is 18.4. The fourth-order valence-corrected chi connectivity index (χ4v) is 15.1. The fraction of sp³-hybridized carbons (Fsp3) is 0.111. The van der Waals surface area contributed by atoms with Crippen LogP contribution in [-0.4, -0.2) is 13.4 Å². The lowest BCUT2D eigenvalue weighted by Crippen LogP contribution is -2.74. The first-order valence-electron chi connectivity index (χ1n) is 20.9. The van der Waals surface area contributed by atoms with Crippen LogP contribution in [0.4, 0.5) is 17.1 Å². The van der Waals surface area contributed by atoms with Gasteiger partial charge in [0.1, 0.15) is 0 Å². The molecule has 0 N–H and O–H groups in total. The molecule has 0 amide bonds. The SMILES string of the molecule is CC1(C)c2ccccc2-c2ccc(B3c4ccccc4P4(=O)c5ccccc5B(c5ccc(N6c7ccccc7C(C)(C)c7ccccc76)cc5)c5cccc3c54)cc21. The second kappa shape index (κ2) is 12.2. The van der Waals surface area contributed by atoms with E-state index in [2.05, 4.69) is 215 Å². The van der Waals surface area contributed by atoms with E-state index in [1.807, 2.05) is 0 Å². The van der Waals surface area contributed by atoms with E-state index in [0.29, 0.717) is 0 Å². The molecule has 2 nitrogen and oxygen atoms in total. The van der Waals surface area contributed by atoms with Crippen molar-refractivity contribution in [1.29, 1.82) is 0 Å². The van der Waals surface area contributed by atoms with E-state index >= 15 is 4.57 Å². The summed E-state index contributed by atoms with van der Waals surface area (Å²) in [5, 5.41) is 2.96. The largest absolute Gasteiger partial charge is 0.310 e. The Labute approximate surface area is 348 Å². The minimum Gasteiger partial charge on any atom is -0.310 e. The Morgan fingerprint density at radius 2 is 0.881 bits per heavy atom. The van der Waals surface area contributed by atoms with Gasteiger partial charge in [0.2, 0.25) is 13.4 Å². The number of rotatable bonds is 3. The van der Waals surface area contributed by atoms with Gasteiger partial charge in [0.05, 0.1) is 11.4 Å². The van der Waals surface area contributed by atoms with E-state index in [-0.39, 0.29) is 24.3 Å². The van der Waals surface area contributed by atoms with Crippen LogP contribution in [0.1, 0.15) is 49.9 Å². The van der Waals surface area contributed by atoms with Crippen LogP contribution in [0.3, 0.4) is 0 Å². The summed E-state index contributed by atoms with van der Waals surface area (Å²) >= 11 is 0. The molecule has 1 aliphatic carbocycles. The number of hydrogen-bond donors (Lipinski definition) is 0. The third kappa shape index (κ3) is 4.59. The number of fused-ring (bicyclic) bond motifs is 9. The molecule has 0 radical (unpaired) electrons. The highest BCUT2D eigenvalue weighted by atomic mass is 31.2. The average Bonchev–Trinajstić information content (AvgIpc) is 3.50. The first-order valence-corrected chi connectivity index (χ1v) is 22.7. The van der Waals surface area contributed by atoms with Crippen LogP contribution in [0.2, 0.25) is 0 Å². The first kappa shape index (κ1) is 34.9. The molecule has 8 aromatic rings. The maximum absolute atomic E-state index is 16.5. The standard InChI is InChI=1S/C54H42B2NOP/c1-53(2)40-17-6-5-16-38(40)39-33-30-36(34-43(39)53)56-45-21-10-14-27-51(45)59(58)50-26-13-9-20-44(50)55(46-22-15-23-47(56)52(46)59)35-28-31-37(32-29-35)57-48-24-11-7-18-41(48)54(3,4)42-19-8-12-25-49(42)57/h5-34H,1-4H3. The lowest BCUT2D eigenvalue weighted by molar-refractivity contribution is 0.592. The molecule has 0 bridgehead atoms. The van der Waals surface area contributed by atoms with Crippen LogP contribution in [-0.2, 0) is 15.4 Å². The summed E-state index contributed by atoms with van der Waals surface area (Å²) < 4.78 is 16.5. The Morgan fingerprint density at radius 1 is 0.424 bits per heavy atom. The second-order valence-electron chi connectivity index (χ2n) is 17.9. The summed E-state index contributed by atoms with van der Waals surface area (Å²) in [7, 11) is -3.25. The van der Waals surface area contributed by atoms with Crippen LogP contribution in [0.15, 0.2) is 182 Å². The smallest absolute Gasteiger partial charge is 0.243 e. The van der Waals surface area contributed by atoms with Gasteiger partial charge < -0.3 is 9.46 Å². The first-order chi connectivity index (χ1) is 28.7. The van der Waals surface area contributed by atoms with Gasteiger partial charge in [-0.25, -0.2) is 0 Å². The number of benzene rings is 8. The number of nitrogens with zero attached hydrogens (tertiary/aromatic N) is 1. The molecule has 4 aliphatic rings. The van der Waals surface area contributed by atoms with Crippen molar-refractivity contribution in [3.63, 3.8) is 0 Å². The van der Waals surface area contributed by atoms with Gasteiger partial charge in [-0.2, -0.15) is 0 Å². The van der Waals surface area contributed by atoms with E-state index in [4.69, 9.17) is 0 Å². The molecule has 1 unspecified atom stereocenters. The molecule has 0 saturated carbocycles. The molecule has 3 heterocycles. The van der Waals surface area contributed by atoms with Gasteiger partial charge in [-0.05, 0) is 57.6 Å². The molecule has 1 atom stereocenters. The van der Waals surface area contributed by atoms with E-state index in [0.717, 1.165) is 43.5 Å². The average molecular weight is 774 g/mol. The third-order valence-electron chi connectivity index (χ3n) is 14.3. The number of anilines is 3. The van der Waals surface area contributed by atoms with Crippen molar-refractivity contribution in [3.05, 3.63) is 204 Å². The van der Waals surface area contributed by atoms with Crippen molar-refractivity contribution in [1.82, 2.24) is 0 Å². The fourth-order valence-electron chi connectivity index (χ4n) is 11.5. The zero-order valence-corrected chi connectivity index (χ0v) is 34.7. The highest BCUT2D eigenvalue weighted by Gasteiger charge is 2.51. The van der Waals surface area contributed by atoms with Crippen LogP contribution in [0.5, 0.6) is 0 Å². The molecular formula is C54H42B2NOP. The third-order valence-corrected chi connectivity index (χ3v) is 17.6. The predicted molar refractivity (Wildman–Crippen MR) is 252 cm³/mol.